The van der Waals surface area contributed by atoms with Gasteiger partial charge in [0.2, 0.25) is 5.91 Å². The fourth-order valence-electron chi connectivity index (χ4n) is 2.75. The monoisotopic (exact) mass is 334 g/mol. The largest absolute Gasteiger partial charge is 0.467 e. The normalized spacial score (nSPS) is 11.9. The molecule has 128 valence electrons. The van der Waals surface area contributed by atoms with Gasteiger partial charge < -0.3 is 9.73 Å². The highest BCUT2D eigenvalue weighted by Crippen LogP contribution is 2.22. The minimum atomic E-state index is -0.163. The first-order chi connectivity index (χ1) is 12.3. The topological polar surface area (TPSA) is 54.3 Å². The lowest BCUT2D eigenvalue weighted by molar-refractivity contribution is -0.115. The van der Waals surface area contributed by atoms with Crippen LogP contribution in [0.3, 0.4) is 0 Å². The number of nitrogens with one attached hydrogen (secondary N) is 2. The smallest absolute Gasteiger partial charge is 0.238 e. The van der Waals surface area contributed by atoms with Crippen LogP contribution in [0.15, 0.2) is 77.4 Å². The molecule has 0 bridgehead atoms. The highest BCUT2D eigenvalue weighted by Gasteiger charge is 2.17. The molecule has 1 atom stereocenters. The summed E-state index contributed by atoms with van der Waals surface area (Å²) in [7, 11) is 0. The van der Waals surface area contributed by atoms with Crippen LogP contribution in [0.4, 0.5) is 5.69 Å². The van der Waals surface area contributed by atoms with Gasteiger partial charge in [0.05, 0.1) is 18.8 Å². The lowest BCUT2D eigenvalue weighted by Gasteiger charge is -2.17. The van der Waals surface area contributed by atoms with Gasteiger partial charge in [-0.25, -0.2) is 0 Å². The first-order valence-corrected chi connectivity index (χ1v) is 8.47. The zero-order valence-corrected chi connectivity index (χ0v) is 14.2. The second-order valence-electron chi connectivity index (χ2n) is 5.84. The molecule has 2 N–H and O–H groups in total. The van der Waals surface area contributed by atoms with Crippen molar-refractivity contribution in [1.29, 1.82) is 0 Å². The van der Waals surface area contributed by atoms with Gasteiger partial charge in [0.15, 0.2) is 0 Å². The zero-order valence-electron chi connectivity index (χ0n) is 14.2. The van der Waals surface area contributed by atoms with Gasteiger partial charge in [0.25, 0.3) is 0 Å². The number of hydrogen-bond donors (Lipinski definition) is 2. The second kappa shape index (κ2) is 8.31. The summed E-state index contributed by atoms with van der Waals surface area (Å²) in [6.07, 6.45) is 2.58. The number of aryl methyl sites for hydroxylation is 1. The van der Waals surface area contributed by atoms with Crippen molar-refractivity contribution in [3.05, 3.63) is 89.9 Å². The van der Waals surface area contributed by atoms with E-state index in [-0.39, 0.29) is 18.5 Å². The molecule has 3 aromatic rings. The summed E-state index contributed by atoms with van der Waals surface area (Å²) in [6.45, 7) is 2.28. The predicted molar refractivity (Wildman–Crippen MR) is 99.4 cm³/mol. The molecule has 25 heavy (non-hydrogen) atoms. The molecule has 0 fully saturated rings. The molecule has 4 nitrogen and oxygen atoms in total. The average Bonchev–Trinajstić information content (AvgIpc) is 3.17. The molecular formula is C21H22N2O2. The van der Waals surface area contributed by atoms with Gasteiger partial charge in [-0.15, -0.1) is 0 Å². The fraction of sp³-hybridized carbons (Fsp3) is 0.190. The average molecular weight is 334 g/mol. The molecule has 0 aliphatic carbocycles. The predicted octanol–water partition coefficient (Wildman–Crippen LogP) is 4.16. The van der Waals surface area contributed by atoms with E-state index in [1.54, 1.807) is 6.26 Å². The standard InChI is InChI=1S/C21H22N2O2/c1-2-16-8-6-11-18(14-16)23-20(24)15-22-21(19-12-7-13-25-19)17-9-4-3-5-10-17/h3-14,21-22H,2,15H2,1H3,(H,23,24)/t21-/m0/s1. The summed E-state index contributed by atoms with van der Waals surface area (Å²) in [6, 6.07) is 21.5. The lowest BCUT2D eigenvalue weighted by Crippen LogP contribution is -2.31. The van der Waals surface area contributed by atoms with Gasteiger partial charge in [-0.3, -0.25) is 10.1 Å². The Morgan fingerprint density at radius 1 is 1.04 bits per heavy atom. The van der Waals surface area contributed by atoms with E-state index in [0.29, 0.717) is 0 Å². The summed E-state index contributed by atoms with van der Waals surface area (Å²) >= 11 is 0. The van der Waals surface area contributed by atoms with Crippen LogP contribution in [0, 0.1) is 0 Å². The Labute approximate surface area is 147 Å². The molecule has 2 aromatic carbocycles. The van der Waals surface area contributed by atoms with Crippen LogP contribution in [0.1, 0.15) is 29.9 Å². The van der Waals surface area contributed by atoms with Crippen LogP contribution in [-0.2, 0) is 11.2 Å². The highest BCUT2D eigenvalue weighted by molar-refractivity contribution is 5.92. The van der Waals surface area contributed by atoms with E-state index < -0.39 is 0 Å². The SMILES string of the molecule is CCc1cccc(NC(=O)CN[C@@H](c2ccccc2)c2ccco2)c1. The molecule has 1 aromatic heterocycles. The molecular weight excluding hydrogens is 312 g/mol. The van der Waals surface area contributed by atoms with E-state index in [0.717, 1.165) is 23.4 Å². The first kappa shape index (κ1) is 17.0. The zero-order chi connectivity index (χ0) is 17.5. The number of furan rings is 1. The van der Waals surface area contributed by atoms with Crippen LogP contribution in [0.25, 0.3) is 0 Å². The van der Waals surface area contributed by atoms with Gasteiger partial charge in [0.1, 0.15) is 5.76 Å². The minimum absolute atomic E-state index is 0.0826. The third kappa shape index (κ3) is 4.58. The number of anilines is 1. The van der Waals surface area contributed by atoms with E-state index in [4.69, 9.17) is 4.42 Å². The number of rotatable bonds is 7. The molecule has 3 rings (SSSR count). The van der Waals surface area contributed by atoms with E-state index >= 15 is 0 Å². The molecule has 0 radical (unpaired) electrons. The van der Waals surface area contributed by atoms with Crippen LogP contribution < -0.4 is 10.6 Å². The van der Waals surface area contributed by atoms with E-state index in [9.17, 15) is 4.79 Å². The Morgan fingerprint density at radius 2 is 1.88 bits per heavy atom. The number of amides is 1. The van der Waals surface area contributed by atoms with Crippen molar-refractivity contribution in [2.24, 2.45) is 0 Å². The van der Waals surface area contributed by atoms with Crippen molar-refractivity contribution in [2.75, 3.05) is 11.9 Å². The maximum Gasteiger partial charge on any atom is 0.238 e. The molecule has 0 saturated heterocycles. The quantitative estimate of drug-likeness (QED) is 0.682. The van der Waals surface area contributed by atoms with Crippen molar-refractivity contribution in [2.45, 2.75) is 19.4 Å². The molecule has 0 saturated carbocycles. The molecule has 0 spiro atoms. The summed E-state index contributed by atoms with van der Waals surface area (Å²) in [5, 5.41) is 6.22. The summed E-state index contributed by atoms with van der Waals surface area (Å²) in [5.74, 6) is 0.702. The summed E-state index contributed by atoms with van der Waals surface area (Å²) in [4.78, 5) is 12.3. The van der Waals surface area contributed by atoms with Gasteiger partial charge in [0, 0.05) is 5.69 Å². The van der Waals surface area contributed by atoms with Gasteiger partial charge in [-0.05, 0) is 41.8 Å². The van der Waals surface area contributed by atoms with Gasteiger partial charge in [-0.1, -0.05) is 49.4 Å². The Morgan fingerprint density at radius 3 is 2.60 bits per heavy atom. The van der Waals surface area contributed by atoms with Crippen molar-refractivity contribution in [3.8, 4) is 0 Å². The van der Waals surface area contributed by atoms with E-state index in [2.05, 4.69) is 23.6 Å². The van der Waals surface area contributed by atoms with Crippen molar-refractivity contribution >= 4 is 11.6 Å². The third-order valence-electron chi connectivity index (χ3n) is 4.05. The summed E-state index contributed by atoms with van der Waals surface area (Å²) < 4.78 is 5.54. The van der Waals surface area contributed by atoms with Crippen molar-refractivity contribution < 1.29 is 9.21 Å². The minimum Gasteiger partial charge on any atom is -0.467 e. The van der Waals surface area contributed by atoms with Crippen LogP contribution in [-0.4, -0.2) is 12.5 Å². The Bertz CT molecular complexity index is 798. The number of carbonyl (C=O) groups is 1. The first-order valence-electron chi connectivity index (χ1n) is 8.47. The van der Waals surface area contributed by atoms with Crippen molar-refractivity contribution in [3.63, 3.8) is 0 Å². The lowest BCUT2D eigenvalue weighted by atomic mass is 10.0. The molecule has 1 amide bonds. The van der Waals surface area contributed by atoms with Crippen molar-refractivity contribution in [1.82, 2.24) is 5.32 Å². The maximum absolute atomic E-state index is 12.3. The molecule has 1 heterocycles. The Kier molecular flexibility index (Phi) is 5.65. The number of benzene rings is 2. The van der Waals surface area contributed by atoms with E-state index in [1.165, 1.54) is 5.56 Å². The Hall–Kier alpha value is -2.85. The number of hydrogen-bond acceptors (Lipinski definition) is 3. The van der Waals surface area contributed by atoms with Gasteiger partial charge >= 0.3 is 0 Å². The maximum atomic E-state index is 12.3. The third-order valence-corrected chi connectivity index (χ3v) is 4.05. The molecule has 4 heteroatoms. The Balaban J connectivity index is 1.66. The van der Waals surface area contributed by atoms with Crippen LogP contribution in [0.5, 0.6) is 0 Å². The van der Waals surface area contributed by atoms with Crippen LogP contribution >= 0.6 is 0 Å². The fourth-order valence-corrected chi connectivity index (χ4v) is 2.75. The van der Waals surface area contributed by atoms with Gasteiger partial charge in [-0.2, -0.15) is 0 Å². The van der Waals surface area contributed by atoms with Crippen LogP contribution in [0.2, 0.25) is 0 Å². The number of carbonyl (C=O) groups excluding carboxylic acids is 1. The summed E-state index contributed by atoms with van der Waals surface area (Å²) in [5.41, 5.74) is 3.07. The second-order valence-corrected chi connectivity index (χ2v) is 5.84. The van der Waals surface area contributed by atoms with E-state index in [1.807, 2.05) is 60.7 Å². The molecule has 0 aliphatic rings. The molecule has 0 aliphatic heterocycles. The highest BCUT2D eigenvalue weighted by atomic mass is 16.3. The molecule has 0 unspecified atom stereocenters.